The first-order valence-electron chi connectivity index (χ1n) is 8.61. The molecule has 0 aliphatic carbocycles. The molecule has 0 aliphatic rings. The summed E-state index contributed by atoms with van der Waals surface area (Å²) >= 11 is 1.63. The number of pyridine rings is 2. The third-order valence-corrected chi connectivity index (χ3v) is 5.60. The molecule has 0 radical (unpaired) electrons. The van der Waals surface area contributed by atoms with Gasteiger partial charge in [-0.1, -0.05) is 17.8 Å². The van der Waals surface area contributed by atoms with Crippen molar-refractivity contribution in [1.82, 2.24) is 24.0 Å². The summed E-state index contributed by atoms with van der Waals surface area (Å²) < 4.78 is 9.53. The van der Waals surface area contributed by atoms with Crippen LogP contribution in [0, 0.1) is 6.92 Å². The Bertz CT molecular complexity index is 1260. The third kappa shape index (κ3) is 2.71. The van der Waals surface area contributed by atoms with E-state index in [2.05, 4.69) is 44.8 Å². The van der Waals surface area contributed by atoms with Crippen molar-refractivity contribution in [1.29, 1.82) is 0 Å². The van der Waals surface area contributed by atoms with E-state index in [1.54, 1.807) is 18.9 Å². The Morgan fingerprint density at radius 2 is 2.00 bits per heavy atom. The lowest BCUT2D eigenvalue weighted by molar-refractivity contribution is 0.415. The summed E-state index contributed by atoms with van der Waals surface area (Å²) in [5.41, 5.74) is 5.02. The molecule has 4 aromatic heterocycles. The Labute approximate surface area is 159 Å². The van der Waals surface area contributed by atoms with E-state index in [1.165, 1.54) is 5.56 Å². The highest BCUT2D eigenvalue weighted by molar-refractivity contribution is 7.98. The van der Waals surface area contributed by atoms with Gasteiger partial charge in [-0.2, -0.15) is 0 Å². The second kappa shape index (κ2) is 6.28. The molecule has 6 nitrogen and oxygen atoms in total. The van der Waals surface area contributed by atoms with E-state index < -0.39 is 0 Å². The number of nitrogens with zero attached hydrogens (tertiary/aromatic N) is 5. The molecule has 0 aliphatic heterocycles. The van der Waals surface area contributed by atoms with Gasteiger partial charge in [-0.05, 0) is 42.8 Å². The topological polar surface area (TPSA) is 56.7 Å². The highest BCUT2D eigenvalue weighted by Crippen LogP contribution is 2.29. The highest BCUT2D eigenvalue weighted by atomic mass is 32.2. The van der Waals surface area contributed by atoms with Gasteiger partial charge in [-0.25, -0.2) is 4.98 Å². The lowest BCUT2D eigenvalue weighted by Crippen LogP contribution is -1.94. The number of hydrogen-bond acceptors (Lipinski definition) is 5. The minimum absolute atomic E-state index is 0.724. The van der Waals surface area contributed by atoms with E-state index in [4.69, 9.17) is 4.74 Å². The average molecular weight is 375 g/mol. The van der Waals surface area contributed by atoms with Crippen LogP contribution in [0.2, 0.25) is 0 Å². The van der Waals surface area contributed by atoms with E-state index in [1.807, 2.05) is 40.9 Å². The van der Waals surface area contributed by atoms with Gasteiger partial charge >= 0.3 is 0 Å². The predicted octanol–water partition coefficient (Wildman–Crippen LogP) is 4.14. The molecule has 5 rings (SSSR count). The number of methoxy groups -OCH3 is 1. The summed E-state index contributed by atoms with van der Waals surface area (Å²) in [5.74, 6) is 1.54. The van der Waals surface area contributed by atoms with E-state index in [0.29, 0.717) is 0 Å². The van der Waals surface area contributed by atoms with Crippen LogP contribution < -0.4 is 4.74 Å². The number of fused-ring (bicyclic) bond motifs is 4. The molecule has 27 heavy (non-hydrogen) atoms. The number of aromatic nitrogens is 5. The minimum Gasteiger partial charge on any atom is -0.497 e. The van der Waals surface area contributed by atoms with Gasteiger partial charge in [0, 0.05) is 29.6 Å². The summed E-state index contributed by atoms with van der Waals surface area (Å²) in [6, 6.07) is 14.2. The molecule has 4 heterocycles. The lowest BCUT2D eigenvalue weighted by atomic mass is 10.1. The maximum absolute atomic E-state index is 5.42. The fourth-order valence-corrected chi connectivity index (χ4v) is 4.15. The molecule has 0 saturated heterocycles. The van der Waals surface area contributed by atoms with Crippen LogP contribution in [0.3, 0.4) is 0 Å². The Kier molecular flexibility index (Phi) is 3.75. The SMILES string of the molecule is COc1ccc2c(C)cc3nnc(SCc4cn5ccccc5n4)n3c2c1. The molecular formula is C20H17N5OS. The molecule has 0 fully saturated rings. The number of hydrogen-bond donors (Lipinski definition) is 0. The average Bonchev–Trinajstić information content (AvgIpc) is 3.29. The molecule has 0 saturated carbocycles. The summed E-state index contributed by atoms with van der Waals surface area (Å²) in [7, 11) is 1.68. The van der Waals surface area contributed by atoms with E-state index >= 15 is 0 Å². The maximum Gasteiger partial charge on any atom is 0.196 e. The molecule has 1 aromatic carbocycles. The van der Waals surface area contributed by atoms with Gasteiger partial charge in [0.05, 0.1) is 18.3 Å². The van der Waals surface area contributed by atoms with Crippen LogP contribution in [0.25, 0.3) is 22.2 Å². The van der Waals surface area contributed by atoms with E-state index in [0.717, 1.165) is 44.6 Å². The first-order chi connectivity index (χ1) is 13.2. The van der Waals surface area contributed by atoms with Crippen molar-refractivity contribution in [3.05, 3.63) is 66.1 Å². The zero-order chi connectivity index (χ0) is 18.4. The van der Waals surface area contributed by atoms with Gasteiger partial charge in [0.1, 0.15) is 11.4 Å². The Balaban J connectivity index is 1.57. The number of benzene rings is 1. The highest BCUT2D eigenvalue weighted by Gasteiger charge is 2.13. The third-order valence-electron chi connectivity index (χ3n) is 4.64. The summed E-state index contributed by atoms with van der Waals surface area (Å²) in [4.78, 5) is 4.66. The van der Waals surface area contributed by atoms with Crippen molar-refractivity contribution in [2.45, 2.75) is 17.8 Å². The van der Waals surface area contributed by atoms with E-state index in [9.17, 15) is 0 Å². The molecular weight excluding hydrogens is 358 g/mol. The van der Waals surface area contributed by atoms with Crippen molar-refractivity contribution < 1.29 is 4.74 Å². The van der Waals surface area contributed by atoms with Crippen molar-refractivity contribution in [2.24, 2.45) is 0 Å². The monoisotopic (exact) mass is 375 g/mol. The fraction of sp³-hybridized carbons (Fsp3) is 0.150. The summed E-state index contributed by atoms with van der Waals surface area (Å²) in [6.45, 7) is 2.09. The van der Waals surface area contributed by atoms with Crippen molar-refractivity contribution >= 4 is 34.0 Å². The van der Waals surface area contributed by atoms with Crippen molar-refractivity contribution in [3.63, 3.8) is 0 Å². The lowest BCUT2D eigenvalue weighted by Gasteiger charge is -2.09. The molecule has 5 aromatic rings. The Hall–Kier alpha value is -3.06. The van der Waals surface area contributed by atoms with Crippen LogP contribution in [-0.2, 0) is 5.75 Å². The van der Waals surface area contributed by atoms with Crippen LogP contribution in [0.4, 0.5) is 0 Å². The summed E-state index contributed by atoms with van der Waals surface area (Å²) in [5, 5.41) is 10.8. The minimum atomic E-state index is 0.724. The van der Waals surface area contributed by atoms with Gasteiger partial charge in [-0.3, -0.25) is 4.40 Å². The van der Waals surface area contributed by atoms with Crippen LogP contribution in [0.1, 0.15) is 11.3 Å². The number of ether oxygens (including phenoxy) is 1. The smallest absolute Gasteiger partial charge is 0.196 e. The zero-order valence-electron chi connectivity index (χ0n) is 15.0. The Morgan fingerprint density at radius 1 is 1.07 bits per heavy atom. The molecule has 0 amide bonds. The van der Waals surface area contributed by atoms with Gasteiger partial charge in [0.15, 0.2) is 10.8 Å². The first kappa shape index (κ1) is 16.1. The summed E-state index contributed by atoms with van der Waals surface area (Å²) in [6.07, 6.45) is 4.06. The fourth-order valence-electron chi connectivity index (χ4n) is 3.32. The first-order valence-corrected chi connectivity index (χ1v) is 9.59. The van der Waals surface area contributed by atoms with E-state index in [-0.39, 0.29) is 0 Å². The van der Waals surface area contributed by atoms with Gasteiger partial charge < -0.3 is 9.14 Å². The van der Waals surface area contributed by atoms with Crippen LogP contribution in [-0.4, -0.2) is 31.1 Å². The second-order valence-corrected chi connectivity index (χ2v) is 7.32. The molecule has 0 bridgehead atoms. The predicted molar refractivity (Wildman–Crippen MR) is 107 cm³/mol. The quantitative estimate of drug-likeness (QED) is 0.442. The van der Waals surface area contributed by atoms with Gasteiger partial charge in [0.25, 0.3) is 0 Å². The number of aryl methyl sites for hydroxylation is 1. The second-order valence-electron chi connectivity index (χ2n) is 6.37. The molecule has 7 heteroatoms. The van der Waals surface area contributed by atoms with Crippen molar-refractivity contribution in [3.8, 4) is 5.75 Å². The molecule has 0 unspecified atom stereocenters. The van der Waals surface area contributed by atoms with Crippen LogP contribution in [0.15, 0.2) is 60.0 Å². The van der Waals surface area contributed by atoms with Crippen LogP contribution >= 0.6 is 11.8 Å². The normalized spacial score (nSPS) is 11.6. The number of rotatable bonds is 4. The Morgan fingerprint density at radius 3 is 2.85 bits per heavy atom. The number of imidazole rings is 1. The largest absolute Gasteiger partial charge is 0.497 e. The molecule has 0 spiro atoms. The molecule has 134 valence electrons. The maximum atomic E-state index is 5.42. The number of thioether (sulfide) groups is 1. The van der Waals surface area contributed by atoms with Gasteiger partial charge in [0.2, 0.25) is 0 Å². The van der Waals surface area contributed by atoms with Crippen molar-refractivity contribution in [2.75, 3.05) is 7.11 Å². The van der Waals surface area contributed by atoms with Crippen LogP contribution in [0.5, 0.6) is 5.75 Å². The zero-order valence-corrected chi connectivity index (χ0v) is 15.8. The standard InChI is InChI=1S/C20H17N5OS/c1-13-9-19-22-23-20(25(19)17-10-15(26-2)6-7-16(13)17)27-12-14-11-24-8-4-3-5-18(24)21-14/h3-11H,12H2,1-2H3. The molecule has 0 N–H and O–H groups in total. The van der Waals surface area contributed by atoms with Gasteiger partial charge in [-0.15, -0.1) is 10.2 Å². The molecule has 0 atom stereocenters.